The van der Waals surface area contributed by atoms with Gasteiger partial charge in [-0.1, -0.05) is 78.9 Å². The summed E-state index contributed by atoms with van der Waals surface area (Å²) in [6, 6.07) is 26.0. The van der Waals surface area contributed by atoms with E-state index in [9.17, 15) is 19.8 Å². The van der Waals surface area contributed by atoms with Gasteiger partial charge in [0.05, 0.1) is 11.1 Å². The second-order valence-electron chi connectivity index (χ2n) is 6.45. The molecule has 0 aliphatic rings. The van der Waals surface area contributed by atoms with Crippen LogP contribution in [0.15, 0.2) is 84.9 Å². The van der Waals surface area contributed by atoms with Gasteiger partial charge in [-0.05, 0) is 33.5 Å². The van der Waals surface area contributed by atoms with Crippen LogP contribution in [-0.4, -0.2) is 22.2 Å². The summed E-state index contributed by atoms with van der Waals surface area (Å²) in [6.45, 7) is 0. The summed E-state index contributed by atoms with van der Waals surface area (Å²) >= 11 is 0. The number of hydrogen-bond acceptors (Lipinski definition) is 2. The predicted octanol–water partition coefficient (Wildman–Crippen LogP) is 5.57. The largest absolute Gasteiger partial charge is 0.478 e. The smallest absolute Gasteiger partial charge is 0.337 e. The Labute approximate surface area is 161 Å². The van der Waals surface area contributed by atoms with Crippen molar-refractivity contribution in [3.8, 4) is 22.3 Å². The molecule has 0 aliphatic heterocycles. The molecule has 4 rings (SSSR count). The third kappa shape index (κ3) is 3.01. The Bertz CT molecular complexity index is 1190. The fraction of sp³-hybridized carbons (Fsp3) is 0. The summed E-state index contributed by atoms with van der Waals surface area (Å²) in [5, 5.41) is 20.8. The van der Waals surface area contributed by atoms with E-state index in [1.54, 1.807) is 12.1 Å². The van der Waals surface area contributed by atoms with Crippen molar-refractivity contribution in [1.82, 2.24) is 0 Å². The van der Waals surface area contributed by atoms with Crippen LogP contribution in [0.1, 0.15) is 20.7 Å². The van der Waals surface area contributed by atoms with E-state index in [2.05, 4.69) is 0 Å². The molecule has 4 aromatic carbocycles. The minimum Gasteiger partial charge on any atom is -0.478 e. The van der Waals surface area contributed by atoms with Crippen molar-refractivity contribution in [3.63, 3.8) is 0 Å². The topological polar surface area (TPSA) is 74.6 Å². The first-order chi connectivity index (χ1) is 13.6. The Morgan fingerprint density at radius 3 is 1.82 bits per heavy atom. The molecule has 28 heavy (non-hydrogen) atoms. The standard InChI is InChI=1S/C24H16O4/c25-23(26)20-14-18-8-4-5-9-19(18)21(22(20)24(27)28)17-12-10-16(11-13-17)15-6-2-1-3-7-15/h1-14H,(H,25,26)(H,27,28). The van der Waals surface area contributed by atoms with Gasteiger partial charge in [0, 0.05) is 5.56 Å². The number of carboxylic acid groups (broad SMARTS) is 2. The highest BCUT2D eigenvalue weighted by Crippen LogP contribution is 2.36. The molecule has 0 aromatic heterocycles. The Kier molecular flexibility index (Phi) is 4.38. The van der Waals surface area contributed by atoms with Crippen LogP contribution >= 0.6 is 0 Å². The molecule has 4 nitrogen and oxygen atoms in total. The molecule has 0 aliphatic carbocycles. The molecule has 0 amide bonds. The third-order valence-electron chi connectivity index (χ3n) is 4.77. The maximum absolute atomic E-state index is 12.0. The van der Waals surface area contributed by atoms with Gasteiger partial charge in [0.25, 0.3) is 0 Å². The fourth-order valence-electron chi connectivity index (χ4n) is 3.50. The number of carbonyl (C=O) groups is 2. The molecule has 0 unspecified atom stereocenters. The van der Waals surface area contributed by atoms with Crippen molar-refractivity contribution >= 4 is 22.7 Å². The first kappa shape index (κ1) is 17.5. The molecule has 0 heterocycles. The van der Waals surface area contributed by atoms with Crippen LogP contribution in [0.4, 0.5) is 0 Å². The van der Waals surface area contributed by atoms with E-state index in [-0.39, 0.29) is 11.1 Å². The van der Waals surface area contributed by atoms with Gasteiger partial charge >= 0.3 is 11.9 Å². The molecule has 0 atom stereocenters. The van der Waals surface area contributed by atoms with Gasteiger partial charge in [-0.3, -0.25) is 0 Å². The van der Waals surface area contributed by atoms with Crippen LogP contribution in [0, 0.1) is 0 Å². The van der Waals surface area contributed by atoms with Gasteiger partial charge in [-0.15, -0.1) is 0 Å². The highest BCUT2D eigenvalue weighted by atomic mass is 16.4. The summed E-state index contributed by atoms with van der Waals surface area (Å²) in [5.41, 5.74) is 2.72. The quantitative estimate of drug-likeness (QED) is 0.494. The third-order valence-corrected chi connectivity index (χ3v) is 4.77. The molecule has 136 valence electrons. The normalized spacial score (nSPS) is 10.7. The summed E-state index contributed by atoms with van der Waals surface area (Å²) in [6.07, 6.45) is 0. The molecule has 0 bridgehead atoms. The van der Waals surface area contributed by atoms with E-state index < -0.39 is 11.9 Å². The average molecular weight is 368 g/mol. The summed E-state index contributed by atoms with van der Waals surface area (Å²) < 4.78 is 0. The number of carboxylic acids is 2. The lowest BCUT2D eigenvalue weighted by molar-refractivity contribution is 0.0652. The molecule has 2 N–H and O–H groups in total. The lowest BCUT2D eigenvalue weighted by Crippen LogP contribution is -2.10. The Morgan fingerprint density at radius 2 is 1.18 bits per heavy atom. The van der Waals surface area contributed by atoms with Crippen LogP contribution in [0.5, 0.6) is 0 Å². The molecule has 0 spiro atoms. The van der Waals surface area contributed by atoms with Crippen LogP contribution in [0.3, 0.4) is 0 Å². The minimum absolute atomic E-state index is 0.196. The number of fused-ring (bicyclic) bond motifs is 1. The summed E-state index contributed by atoms with van der Waals surface area (Å²) in [4.78, 5) is 23.7. The van der Waals surface area contributed by atoms with E-state index in [4.69, 9.17) is 0 Å². The molecule has 4 aromatic rings. The van der Waals surface area contributed by atoms with Crippen molar-refractivity contribution in [3.05, 3.63) is 96.1 Å². The maximum Gasteiger partial charge on any atom is 0.337 e. The Balaban J connectivity index is 1.98. The molecule has 0 fully saturated rings. The van der Waals surface area contributed by atoms with Crippen LogP contribution in [0.25, 0.3) is 33.0 Å². The summed E-state index contributed by atoms with van der Waals surface area (Å²) in [5.74, 6) is -2.52. The van der Waals surface area contributed by atoms with Crippen molar-refractivity contribution in [2.75, 3.05) is 0 Å². The first-order valence-corrected chi connectivity index (χ1v) is 8.74. The van der Waals surface area contributed by atoms with E-state index in [1.807, 2.05) is 66.7 Å². The summed E-state index contributed by atoms with van der Waals surface area (Å²) in [7, 11) is 0. The van der Waals surface area contributed by atoms with E-state index in [0.717, 1.165) is 11.1 Å². The van der Waals surface area contributed by atoms with Gasteiger partial charge in [0.1, 0.15) is 0 Å². The number of hydrogen-bond donors (Lipinski definition) is 2. The molecule has 0 radical (unpaired) electrons. The lowest BCUT2D eigenvalue weighted by atomic mass is 9.89. The SMILES string of the molecule is O=C(O)c1cc2ccccc2c(-c2ccc(-c3ccccc3)cc2)c1C(=O)O. The second kappa shape index (κ2) is 7.00. The van der Waals surface area contributed by atoms with E-state index in [1.165, 1.54) is 6.07 Å². The van der Waals surface area contributed by atoms with Crippen LogP contribution in [-0.2, 0) is 0 Å². The molecular formula is C24H16O4. The Morgan fingerprint density at radius 1 is 0.607 bits per heavy atom. The van der Waals surface area contributed by atoms with Crippen LogP contribution < -0.4 is 0 Å². The van der Waals surface area contributed by atoms with E-state index in [0.29, 0.717) is 21.9 Å². The van der Waals surface area contributed by atoms with Gasteiger partial charge in [-0.2, -0.15) is 0 Å². The van der Waals surface area contributed by atoms with Crippen molar-refractivity contribution < 1.29 is 19.8 Å². The maximum atomic E-state index is 12.0. The van der Waals surface area contributed by atoms with Crippen molar-refractivity contribution in [1.29, 1.82) is 0 Å². The zero-order valence-electron chi connectivity index (χ0n) is 14.8. The predicted molar refractivity (Wildman–Crippen MR) is 109 cm³/mol. The number of benzene rings is 4. The minimum atomic E-state index is -1.26. The van der Waals surface area contributed by atoms with Crippen LogP contribution in [0.2, 0.25) is 0 Å². The molecule has 0 saturated carbocycles. The number of aromatic carboxylic acids is 2. The molecular weight excluding hydrogens is 352 g/mol. The molecule has 0 saturated heterocycles. The lowest BCUT2D eigenvalue weighted by Gasteiger charge is -2.14. The van der Waals surface area contributed by atoms with Gasteiger partial charge in [-0.25, -0.2) is 9.59 Å². The van der Waals surface area contributed by atoms with Gasteiger partial charge in [0.15, 0.2) is 0 Å². The van der Waals surface area contributed by atoms with E-state index >= 15 is 0 Å². The number of rotatable bonds is 4. The van der Waals surface area contributed by atoms with Gasteiger partial charge in [0.2, 0.25) is 0 Å². The first-order valence-electron chi connectivity index (χ1n) is 8.74. The fourth-order valence-corrected chi connectivity index (χ4v) is 3.50. The molecule has 4 heteroatoms. The highest BCUT2D eigenvalue weighted by molar-refractivity contribution is 6.14. The van der Waals surface area contributed by atoms with Gasteiger partial charge < -0.3 is 10.2 Å². The zero-order valence-corrected chi connectivity index (χ0v) is 14.8. The Hall–Kier alpha value is -3.92. The average Bonchev–Trinajstić information content (AvgIpc) is 2.73. The van der Waals surface area contributed by atoms with Crippen molar-refractivity contribution in [2.45, 2.75) is 0 Å². The van der Waals surface area contributed by atoms with Crippen molar-refractivity contribution in [2.24, 2.45) is 0 Å². The zero-order chi connectivity index (χ0) is 19.7. The second-order valence-corrected chi connectivity index (χ2v) is 6.45. The highest BCUT2D eigenvalue weighted by Gasteiger charge is 2.23. The monoisotopic (exact) mass is 368 g/mol.